The Kier molecular flexibility index (Phi) is 9.27. The third-order valence-electron chi connectivity index (χ3n) is 6.77. The molecule has 1 aliphatic heterocycles. The maximum atomic E-state index is 8.95. The highest BCUT2D eigenvalue weighted by Gasteiger charge is 2.22. The van der Waals surface area contributed by atoms with Crippen molar-refractivity contribution in [2.75, 3.05) is 6.54 Å². The third-order valence-corrected chi connectivity index (χ3v) is 7.05. The molecule has 162 valence electrons. The molecule has 3 rings (SSSR count). The summed E-state index contributed by atoms with van der Waals surface area (Å²) in [5, 5.41) is 8.95. The Balaban J connectivity index is 1.40. The number of benzene rings is 1. The van der Waals surface area contributed by atoms with E-state index in [2.05, 4.69) is 18.0 Å². The van der Waals surface area contributed by atoms with Gasteiger partial charge in [-0.15, -0.1) is 0 Å². The molecule has 0 spiro atoms. The highest BCUT2D eigenvalue weighted by Crippen LogP contribution is 2.35. The lowest BCUT2D eigenvalue weighted by atomic mass is 9.77. The zero-order valence-corrected chi connectivity index (χ0v) is 19.2. The lowest BCUT2D eigenvalue weighted by molar-refractivity contribution is 0.248. The summed E-state index contributed by atoms with van der Waals surface area (Å²) in [6.45, 7) is 3.02. The second-order valence-electron chi connectivity index (χ2n) is 9.08. The first-order valence-electron chi connectivity index (χ1n) is 11.9. The average molecular weight is 426 g/mol. The van der Waals surface area contributed by atoms with Crippen LogP contribution in [0.4, 0.5) is 0 Å². The van der Waals surface area contributed by atoms with Crippen molar-refractivity contribution in [3.05, 3.63) is 47.2 Å². The Morgan fingerprint density at radius 2 is 1.67 bits per heavy atom. The van der Waals surface area contributed by atoms with Crippen molar-refractivity contribution in [1.29, 1.82) is 5.26 Å². The van der Waals surface area contributed by atoms with Gasteiger partial charge in [-0.2, -0.15) is 5.26 Å². The highest BCUT2D eigenvalue weighted by molar-refractivity contribution is 6.25. The summed E-state index contributed by atoms with van der Waals surface area (Å²) in [6.07, 6.45) is 18.5. The van der Waals surface area contributed by atoms with Crippen molar-refractivity contribution in [2.24, 2.45) is 16.8 Å². The molecule has 4 heteroatoms. The summed E-state index contributed by atoms with van der Waals surface area (Å²) < 4.78 is 1.71. The SMILES string of the molecule is CCCCCCCC1CCC(CCC2=CN=C(c3ccc(C#N)cc3)N(Cl)C2)CC1. The predicted octanol–water partition coefficient (Wildman–Crippen LogP) is 7.61. The molecule has 1 aromatic rings. The number of nitrogens with zero attached hydrogens (tertiary/aromatic N) is 3. The molecule has 0 bridgehead atoms. The first-order chi connectivity index (χ1) is 14.7. The van der Waals surface area contributed by atoms with Crippen LogP contribution in [0.15, 0.2) is 41.0 Å². The van der Waals surface area contributed by atoms with Crippen LogP contribution >= 0.6 is 11.8 Å². The molecule has 0 atom stereocenters. The average Bonchev–Trinajstić information content (AvgIpc) is 2.78. The zero-order chi connectivity index (χ0) is 21.2. The number of rotatable bonds is 10. The number of halogens is 1. The molecule has 1 fully saturated rings. The van der Waals surface area contributed by atoms with Gasteiger partial charge in [0.25, 0.3) is 0 Å². The van der Waals surface area contributed by atoms with Crippen LogP contribution in [0.1, 0.15) is 95.1 Å². The van der Waals surface area contributed by atoms with Crippen molar-refractivity contribution in [1.82, 2.24) is 4.42 Å². The van der Waals surface area contributed by atoms with E-state index in [1.807, 2.05) is 30.5 Å². The maximum absolute atomic E-state index is 8.95. The largest absolute Gasteiger partial charge is 0.264 e. The van der Waals surface area contributed by atoms with Crippen LogP contribution in [-0.2, 0) is 0 Å². The summed E-state index contributed by atoms with van der Waals surface area (Å²) in [7, 11) is 0. The molecule has 3 nitrogen and oxygen atoms in total. The first kappa shape index (κ1) is 22.9. The van der Waals surface area contributed by atoms with E-state index in [4.69, 9.17) is 17.0 Å². The minimum absolute atomic E-state index is 0.652. The smallest absolute Gasteiger partial charge is 0.150 e. The van der Waals surface area contributed by atoms with Crippen LogP contribution in [-0.4, -0.2) is 16.8 Å². The van der Waals surface area contributed by atoms with Gasteiger partial charge in [-0.05, 0) is 54.5 Å². The lowest BCUT2D eigenvalue weighted by Gasteiger charge is -2.29. The minimum Gasteiger partial charge on any atom is -0.264 e. The van der Waals surface area contributed by atoms with Crippen LogP contribution in [0, 0.1) is 23.2 Å². The Hall–Kier alpha value is -1.79. The number of hydrogen-bond donors (Lipinski definition) is 0. The van der Waals surface area contributed by atoms with Crippen LogP contribution in [0.25, 0.3) is 0 Å². The van der Waals surface area contributed by atoms with Crippen LogP contribution in [0.3, 0.4) is 0 Å². The Labute approximate surface area is 187 Å². The second kappa shape index (κ2) is 12.2. The van der Waals surface area contributed by atoms with E-state index in [1.165, 1.54) is 76.2 Å². The predicted molar refractivity (Wildman–Crippen MR) is 126 cm³/mol. The third kappa shape index (κ3) is 6.88. The maximum Gasteiger partial charge on any atom is 0.150 e. The fourth-order valence-electron chi connectivity index (χ4n) is 4.80. The topological polar surface area (TPSA) is 39.4 Å². The van der Waals surface area contributed by atoms with E-state index in [0.717, 1.165) is 36.2 Å². The molecule has 30 heavy (non-hydrogen) atoms. The molecule has 0 N–H and O–H groups in total. The van der Waals surface area contributed by atoms with E-state index in [1.54, 1.807) is 4.42 Å². The van der Waals surface area contributed by atoms with Gasteiger partial charge < -0.3 is 0 Å². The summed E-state index contributed by atoms with van der Waals surface area (Å²) in [6, 6.07) is 9.58. The zero-order valence-electron chi connectivity index (χ0n) is 18.5. The first-order valence-corrected chi connectivity index (χ1v) is 12.2. The quantitative estimate of drug-likeness (QED) is 0.286. The van der Waals surface area contributed by atoms with Crippen molar-refractivity contribution < 1.29 is 0 Å². The molecule has 1 aromatic carbocycles. The molecular weight excluding hydrogens is 390 g/mol. The van der Waals surface area contributed by atoms with Crippen LogP contribution < -0.4 is 0 Å². The summed E-state index contributed by atoms with van der Waals surface area (Å²) in [5.74, 6) is 2.62. The van der Waals surface area contributed by atoms with Crippen molar-refractivity contribution in [3.63, 3.8) is 0 Å². The van der Waals surface area contributed by atoms with Gasteiger partial charge in [0.1, 0.15) is 0 Å². The lowest BCUT2D eigenvalue weighted by Crippen LogP contribution is -2.27. The molecule has 0 radical (unpaired) electrons. The van der Waals surface area contributed by atoms with E-state index < -0.39 is 0 Å². The highest BCUT2D eigenvalue weighted by atomic mass is 35.5. The fourth-order valence-corrected chi connectivity index (χ4v) is 5.09. The van der Waals surface area contributed by atoms with Crippen LogP contribution in [0.5, 0.6) is 0 Å². The standard InChI is InChI=1S/C26H36ClN3/c1-2-3-4-5-6-7-21-8-10-22(11-9-21)12-13-24-19-29-26(30(27)20-24)25-16-14-23(18-28)15-17-25/h14-17,19,21-22H,2-13,20H2,1H3. The monoisotopic (exact) mass is 425 g/mol. The molecule has 0 amide bonds. The fraction of sp³-hybridized carbons (Fsp3) is 0.615. The van der Waals surface area contributed by atoms with E-state index in [-0.39, 0.29) is 0 Å². The van der Waals surface area contributed by atoms with Crippen molar-refractivity contribution in [2.45, 2.75) is 84.0 Å². The molecular formula is C26H36ClN3. The Bertz CT molecular complexity index is 751. The number of hydrogen-bond acceptors (Lipinski definition) is 3. The molecule has 1 saturated carbocycles. The molecule has 1 aliphatic carbocycles. The Morgan fingerprint density at radius 1 is 1.00 bits per heavy atom. The molecule has 0 unspecified atom stereocenters. The normalized spacial score (nSPS) is 21.7. The van der Waals surface area contributed by atoms with Gasteiger partial charge in [0.15, 0.2) is 5.84 Å². The summed E-state index contributed by atoms with van der Waals surface area (Å²) >= 11 is 6.50. The van der Waals surface area contributed by atoms with Crippen molar-refractivity contribution in [3.8, 4) is 6.07 Å². The molecule has 0 aromatic heterocycles. The van der Waals surface area contributed by atoms with Crippen LogP contribution in [0.2, 0.25) is 0 Å². The van der Waals surface area contributed by atoms with E-state index in [9.17, 15) is 0 Å². The van der Waals surface area contributed by atoms with Gasteiger partial charge in [-0.25, -0.2) is 4.99 Å². The molecule has 2 aliphatic rings. The van der Waals surface area contributed by atoms with E-state index >= 15 is 0 Å². The second-order valence-corrected chi connectivity index (χ2v) is 9.49. The van der Waals surface area contributed by atoms with Crippen molar-refractivity contribution >= 4 is 17.6 Å². The Morgan fingerprint density at radius 3 is 2.30 bits per heavy atom. The number of unbranched alkanes of at least 4 members (excludes halogenated alkanes) is 4. The van der Waals surface area contributed by atoms with Gasteiger partial charge in [0.05, 0.1) is 18.2 Å². The van der Waals surface area contributed by atoms with Gasteiger partial charge in [0.2, 0.25) is 0 Å². The number of amidine groups is 1. The van der Waals surface area contributed by atoms with E-state index in [0.29, 0.717) is 5.56 Å². The number of nitriles is 1. The number of aliphatic imine (C=N–C) groups is 1. The molecule has 0 saturated heterocycles. The summed E-state index contributed by atoms with van der Waals surface area (Å²) in [5.41, 5.74) is 2.92. The molecule has 1 heterocycles. The van der Waals surface area contributed by atoms with Gasteiger partial charge >= 0.3 is 0 Å². The van der Waals surface area contributed by atoms with Gasteiger partial charge in [-0.1, -0.05) is 71.1 Å². The van der Waals surface area contributed by atoms with Gasteiger partial charge in [-0.3, -0.25) is 4.42 Å². The minimum atomic E-state index is 0.652. The van der Waals surface area contributed by atoms with Gasteiger partial charge in [0, 0.05) is 23.5 Å². The summed E-state index contributed by atoms with van der Waals surface area (Å²) in [4.78, 5) is 4.61.